The van der Waals surface area contributed by atoms with Crippen molar-refractivity contribution in [1.29, 1.82) is 0 Å². The van der Waals surface area contributed by atoms with Crippen molar-refractivity contribution in [2.75, 3.05) is 19.5 Å². The van der Waals surface area contributed by atoms with Crippen LogP contribution >= 0.6 is 0 Å². The molecule has 0 aromatic heterocycles. The van der Waals surface area contributed by atoms with Crippen LogP contribution in [0.4, 0.5) is 26.3 Å². The van der Waals surface area contributed by atoms with Crippen molar-refractivity contribution in [2.45, 2.75) is 180 Å². The number of ether oxygens (including phenoxy) is 4. The monoisotopic (exact) mass is 1080 g/mol. The SMILES string of the molecule is C=C(OS(=O)(=O)C(F)(F)F)[C@H](C)C[C@@H](CC[C@@H]1OC(CCCOC(=O)C(C)(C)C)CC1=C)OS(C)(=O)=O.C=C(OS(=O)(=O)C(F)(F)F)[C@H](C)C[C@H](O)CC[C@@H]1OC(CCCOC(=O)C(C)(C)C)CC1=C. The normalized spacial score (nSPS) is 21.2. The van der Waals surface area contributed by atoms with Crippen molar-refractivity contribution in [1.82, 2.24) is 0 Å². The van der Waals surface area contributed by atoms with E-state index >= 15 is 0 Å². The zero-order chi connectivity index (χ0) is 54.4. The minimum absolute atomic E-state index is 0.0199. The summed E-state index contributed by atoms with van der Waals surface area (Å²) < 4.78 is 179. The minimum atomic E-state index is -5.89. The first-order chi connectivity index (χ1) is 31.6. The van der Waals surface area contributed by atoms with E-state index in [1.54, 1.807) is 41.5 Å². The Bertz CT molecular complexity index is 2130. The van der Waals surface area contributed by atoms with E-state index in [-0.39, 0.29) is 62.5 Å². The van der Waals surface area contributed by atoms with Crippen LogP contribution < -0.4 is 0 Å². The molecule has 2 heterocycles. The van der Waals surface area contributed by atoms with Crippen LogP contribution in [-0.2, 0) is 71.4 Å². The second-order valence-corrected chi connectivity index (χ2v) is 24.4. The third-order valence-corrected chi connectivity index (χ3v) is 13.4. The number of rotatable bonds is 26. The lowest BCUT2D eigenvalue weighted by molar-refractivity contribution is -0.154. The summed E-state index contributed by atoms with van der Waals surface area (Å²) in [7, 11) is -15.6. The molecule has 0 amide bonds. The molecule has 0 saturated carbocycles. The predicted molar refractivity (Wildman–Crippen MR) is 246 cm³/mol. The molecule has 2 fully saturated rings. The molecular weight excluding hydrogens is 1010 g/mol. The molecule has 0 radical (unpaired) electrons. The molecule has 0 aromatic rings. The van der Waals surface area contributed by atoms with E-state index in [1.165, 1.54) is 13.8 Å². The molecule has 408 valence electrons. The third kappa shape index (κ3) is 23.5. The van der Waals surface area contributed by atoms with Crippen molar-refractivity contribution < 1.29 is 97.8 Å². The van der Waals surface area contributed by atoms with E-state index in [9.17, 15) is 66.3 Å². The highest BCUT2D eigenvalue weighted by Crippen LogP contribution is 2.35. The molecule has 16 nitrogen and oxygen atoms in total. The maximum atomic E-state index is 12.6. The van der Waals surface area contributed by atoms with E-state index in [1.807, 2.05) is 0 Å². The average molecular weight is 1080 g/mol. The fourth-order valence-corrected chi connectivity index (χ4v) is 8.48. The van der Waals surface area contributed by atoms with Gasteiger partial charge in [0, 0.05) is 11.8 Å². The molecule has 0 aromatic carbocycles. The summed E-state index contributed by atoms with van der Waals surface area (Å²) in [4.78, 5) is 23.6. The predicted octanol–water partition coefficient (Wildman–Crippen LogP) is 9.22. The number of alkyl halides is 6. The number of carbonyl (C=O) groups excluding carboxylic acids is 2. The van der Waals surface area contributed by atoms with Crippen LogP contribution in [0.3, 0.4) is 0 Å². The molecular formula is C45H72F6O16S3. The van der Waals surface area contributed by atoms with Crippen molar-refractivity contribution in [3.05, 3.63) is 49.0 Å². The Labute approximate surface area is 409 Å². The van der Waals surface area contributed by atoms with Gasteiger partial charge in [-0.05, 0) is 130 Å². The van der Waals surface area contributed by atoms with Gasteiger partial charge in [-0.3, -0.25) is 13.8 Å². The molecule has 0 spiro atoms. The van der Waals surface area contributed by atoms with Crippen LogP contribution in [0.15, 0.2) is 49.0 Å². The van der Waals surface area contributed by atoms with Crippen molar-refractivity contribution in [3.8, 4) is 0 Å². The number of aliphatic hydroxyl groups excluding tert-OH is 1. The second kappa shape index (κ2) is 26.6. The summed E-state index contributed by atoms with van der Waals surface area (Å²) in [5, 5.41) is 10.2. The van der Waals surface area contributed by atoms with Crippen LogP contribution in [-0.4, -0.2) is 109 Å². The molecule has 70 heavy (non-hydrogen) atoms. The van der Waals surface area contributed by atoms with Gasteiger partial charge < -0.3 is 32.4 Å². The highest BCUT2D eigenvalue weighted by atomic mass is 32.2. The number of allylic oxidation sites excluding steroid dienone is 2. The number of esters is 2. The standard InChI is InChI=1S/C23H37F3O9S2.C22H35F3O7S/c1-15(17(3)34-37(30,31)23(24,25)26)13-19(35-36(7,28)29)10-11-20-16(2)14-18(33-20)9-8-12-32-21(27)22(4,5)6;1-14(16(3)32-33(28,29)22(23,24)25)12-17(26)9-10-19-15(2)13-18(31-19)8-7-11-30-20(27)21(4,5)6/h15,18-20H,2-3,8-14H2,1,4-7H3;14,17-19,26H,2-3,7-13H2,1,4-6H3/t15-,18?,19-,20+;14-,17-,18?,19+/m11/s1. The topological polar surface area (TPSA) is 221 Å². The molecule has 1 N–H and O–H groups in total. The Kier molecular flexibility index (Phi) is 24.7. The summed E-state index contributed by atoms with van der Waals surface area (Å²) in [6, 6.07) is 0. The van der Waals surface area contributed by atoms with Gasteiger partial charge in [0.2, 0.25) is 0 Å². The lowest BCUT2D eigenvalue weighted by Crippen LogP contribution is -2.28. The van der Waals surface area contributed by atoms with Gasteiger partial charge in [0.15, 0.2) is 0 Å². The Hall–Kier alpha value is -3.23. The molecule has 2 aliphatic rings. The minimum Gasteiger partial charge on any atom is -0.465 e. The van der Waals surface area contributed by atoms with Crippen molar-refractivity contribution in [3.63, 3.8) is 0 Å². The summed E-state index contributed by atoms with van der Waals surface area (Å²) in [5.74, 6) is -3.61. The Balaban J connectivity index is 0.000000705. The van der Waals surface area contributed by atoms with Gasteiger partial charge in [0.25, 0.3) is 10.1 Å². The molecule has 25 heteroatoms. The number of carbonyl (C=O) groups is 2. The average Bonchev–Trinajstić information content (AvgIpc) is 3.73. The van der Waals surface area contributed by atoms with Crippen LogP contribution in [0.5, 0.6) is 0 Å². The summed E-state index contributed by atoms with van der Waals surface area (Å²) in [5.41, 5.74) is -10.6. The van der Waals surface area contributed by atoms with E-state index in [0.717, 1.165) is 17.4 Å². The van der Waals surface area contributed by atoms with Gasteiger partial charge in [-0.2, -0.15) is 51.6 Å². The fourth-order valence-electron chi connectivity index (χ4n) is 6.73. The van der Waals surface area contributed by atoms with Gasteiger partial charge in [0.1, 0.15) is 11.5 Å². The van der Waals surface area contributed by atoms with Gasteiger partial charge in [-0.15, -0.1) is 0 Å². The van der Waals surface area contributed by atoms with Gasteiger partial charge in [0.05, 0.1) is 66.9 Å². The van der Waals surface area contributed by atoms with Gasteiger partial charge >= 0.3 is 43.2 Å². The maximum Gasteiger partial charge on any atom is 0.534 e. The van der Waals surface area contributed by atoms with E-state index < -0.39 is 93.9 Å². The summed E-state index contributed by atoms with van der Waals surface area (Å²) in [6.07, 6.45) is 2.83. The number of aliphatic hydroxyl groups is 1. The molecule has 2 rings (SSSR count). The summed E-state index contributed by atoms with van der Waals surface area (Å²) >= 11 is 0. The molecule has 2 unspecified atom stereocenters. The second-order valence-electron chi connectivity index (χ2n) is 19.7. The van der Waals surface area contributed by atoms with Crippen molar-refractivity contribution >= 4 is 42.3 Å². The largest absolute Gasteiger partial charge is 0.534 e. The Morgan fingerprint density at radius 1 is 0.657 bits per heavy atom. The molecule has 2 saturated heterocycles. The lowest BCUT2D eigenvalue weighted by atomic mass is 9.96. The van der Waals surface area contributed by atoms with E-state index in [4.69, 9.17) is 23.1 Å². The van der Waals surface area contributed by atoms with Crippen LogP contribution in [0.2, 0.25) is 0 Å². The first-order valence-electron chi connectivity index (χ1n) is 22.5. The highest BCUT2D eigenvalue weighted by Gasteiger charge is 2.50. The third-order valence-electron chi connectivity index (χ3n) is 10.8. The van der Waals surface area contributed by atoms with E-state index in [2.05, 4.69) is 34.7 Å². The molecule has 0 bridgehead atoms. The van der Waals surface area contributed by atoms with Crippen molar-refractivity contribution in [2.24, 2.45) is 22.7 Å². The van der Waals surface area contributed by atoms with Crippen LogP contribution in [0, 0.1) is 22.7 Å². The fraction of sp³-hybridized carbons (Fsp3) is 0.778. The molecule has 0 aliphatic carbocycles. The number of halogens is 6. The number of hydrogen-bond acceptors (Lipinski definition) is 16. The maximum absolute atomic E-state index is 12.6. The number of hydrogen-bond donors (Lipinski definition) is 1. The zero-order valence-corrected chi connectivity index (χ0v) is 43.9. The smallest absolute Gasteiger partial charge is 0.465 e. The zero-order valence-electron chi connectivity index (χ0n) is 41.4. The molecule has 8 atom stereocenters. The quantitative estimate of drug-likeness (QED) is 0.0162. The van der Waals surface area contributed by atoms with Crippen LogP contribution in [0.1, 0.15) is 132 Å². The van der Waals surface area contributed by atoms with Gasteiger partial charge in [-0.25, -0.2) is 0 Å². The van der Waals surface area contributed by atoms with Gasteiger partial charge in [-0.1, -0.05) is 40.2 Å². The van der Waals surface area contributed by atoms with E-state index in [0.29, 0.717) is 58.0 Å². The Morgan fingerprint density at radius 2 is 1.01 bits per heavy atom. The lowest BCUT2D eigenvalue weighted by Gasteiger charge is -2.23. The first kappa shape index (κ1) is 64.8. The Morgan fingerprint density at radius 3 is 1.36 bits per heavy atom. The first-order valence-corrected chi connectivity index (χ1v) is 27.2. The van der Waals surface area contributed by atoms with Crippen LogP contribution in [0.25, 0.3) is 0 Å². The summed E-state index contributed by atoms with van der Waals surface area (Å²) in [6.45, 7) is 28.5. The molecule has 2 aliphatic heterocycles. The highest BCUT2D eigenvalue weighted by molar-refractivity contribution is 7.88.